The lowest BCUT2D eigenvalue weighted by Crippen LogP contribution is -2.35. The molecule has 0 fully saturated rings. The minimum Gasteiger partial charge on any atom is -0.378 e. The number of amides is 1. The Labute approximate surface area is 149 Å². The fourth-order valence-electron chi connectivity index (χ4n) is 2.16. The largest absolute Gasteiger partial charge is 0.378 e. The number of fused-ring (bicyclic) bond motifs is 1. The molecule has 130 valence electrons. The fraction of sp³-hybridized carbons (Fsp3) is 0.200. The number of aliphatic imine (C=N–C) groups is 1. The van der Waals surface area contributed by atoms with Crippen LogP contribution in [0.5, 0.6) is 0 Å². The van der Waals surface area contributed by atoms with Crippen molar-refractivity contribution in [2.24, 2.45) is 10.1 Å². The van der Waals surface area contributed by atoms with E-state index in [9.17, 15) is 13.2 Å². The lowest BCUT2D eigenvalue weighted by molar-refractivity contribution is -0.114. The predicted octanol–water partition coefficient (Wildman–Crippen LogP) is 1.37. The van der Waals surface area contributed by atoms with Gasteiger partial charge in [-0.2, -0.15) is 10.0 Å². The molecule has 25 heavy (non-hydrogen) atoms. The smallest absolute Gasteiger partial charge is 0.283 e. The lowest BCUT2D eigenvalue weighted by Gasteiger charge is -2.20. The van der Waals surface area contributed by atoms with Gasteiger partial charge in [-0.05, 0) is 35.5 Å². The molecule has 0 radical (unpaired) electrons. The van der Waals surface area contributed by atoms with Gasteiger partial charge in [0.15, 0.2) is 5.84 Å². The third kappa shape index (κ3) is 3.35. The van der Waals surface area contributed by atoms with E-state index in [0.29, 0.717) is 0 Å². The highest BCUT2D eigenvalue weighted by molar-refractivity contribution is 8.42. The zero-order valence-corrected chi connectivity index (χ0v) is 15.3. The van der Waals surface area contributed by atoms with E-state index in [2.05, 4.69) is 10.1 Å². The number of sulfone groups is 1. The van der Waals surface area contributed by atoms with Gasteiger partial charge < -0.3 is 4.90 Å². The Morgan fingerprint density at radius 1 is 1.24 bits per heavy atom. The summed E-state index contributed by atoms with van der Waals surface area (Å²) in [6.07, 6.45) is 2.56. The monoisotopic (exact) mass is 377 g/mol. The molecule has 0 spiro atoms. The number of hydrogen-bond acceptors (Lipinski definition) is 7. The Morgan fingerprint density at radius 2 is 1.88 bits per heavy atom. The summed E-state index contributed by atoms with van der Waals surface area (Å²) in [6.45, 7) is 0. The molecule has 0 saturated carbocycles. The highest BCUT2D eigenvalue weighted by Crippen LogP contribution is 2.30. The molecule has 1 aromatic rings. The van der Waals surface area contributed by atoms with E-state index in [-0.39, 0.29) is 21.0 Å². The third-order valence-electron chi connectivity index (χ3n) is 3.47. The number of nitrogens with zero attached hydrogens (tertiary/aromatic N) is 4. The maximum absolute atomic E-state index is 12.2. The van der Waals surface area contributed by atoms with Gasteiger partial charge in [0.05, 0.1) is 5.57 Å². The van der Waals surface area contributed by atoms with Gasteiger partial charge in [-0.1, -0.05) is 12.1 Å². The number of nitrogens with one attached hydrogen (secondary N) is 1. The van der Waals surface area contributed by atoms with E-state index in [4.69, 9.17) is 5.41 Å². The molecule has 0 atom stereocenters. The van der Waals surface area contributed by atoms with E-state index >= 15 is 0 Å². The topological polar surface area (TPSA) is 106 Å². The number of rotatable bonds is 2. The molecule has 0 unspecified atom stereocenters. The Hall–Kier alpha value is -2.46. The standard InChI is InChI=1S/C15H15N5O3S2/c1-19(2)10-6-4-9(5-7-10)8-11-12(16)20-14(17-13(11)21)24-15(18-20)25(3,22)23/h4-8,16H,1-3H3/b11-8-,16-12?. The van der Waals surface area contributed by atoms with Gasteiger partial charge in [0, 0.05) is 26.0 Å². The van der Waals surface area contributed by atoms with Crippen LogP contribution < -0.4 is 4.90 Å². The number of hydrogen-bond donors (Lipinski definition) is 1. The van der Waals surface area contributed by atoms with Gasteiger partial charge in [-0.25, -0.2) is 8.42 Å². The second-order valence-electron chi connectivity index (χ2n) is 5.64. The quantitative estimate of drug-likeness (QED) is 0.780. The second-order valence-corrected chi connectivity index (χ2v) is 8.79. The molecule has 0 aliphatic carbocycles. The summed E-state index contributed by atoms with van der Waals surface area (Å²) < 4.78 is 23.1. The molecule has 3 rings (SSSR count). The van der Waals surface area contributed by atoms with E-state index < -0.39 is 15.7 Å². The van der Waals surface area contributed by atoms with Crippen molar-refractivity contribution in [1.82, 2.24) is 5.01 Å². The zero-order valence-electron chi connectivity index (χ0n) is 13.7. The van der Waals surface area contributed by atoms with Crippen LogP contribution in [0, 0.1) is 5.41 Å². The maximum atomic E-state index is 12.2. The molecule has 2 aliphatic rings. The van der Waals surface area contributed by atoms with Gasteiger partial charge in [0.2, 0.25) is 19.4 Å². The Kier molecular flexibility index (Phi) is 4.25. The minimum absolute atomic E-state index is 0.0560. The van der Waals surface area contributed by atoms with Crippen molar-refractivity contribution < 1.29 is 13.2 Å². The number of thioether (sulfide) groups is 1. The van der Waals surface area contributed by atoms with E-state index in [1.54, 1.807) is 6.08 Å². The average Bonchev–Trinajstić information content (AvgIpc) is 2.96. The molecule has 2 heterocycles. The summed E-state index contributed by atoms with van der Waals surface area (Å²) >= 11 is 0.766. The van der Waals surface area contributed by atoms with Crippen LogP contribution >= 0.6 is 11.8 Å². The first-order valence-electron chi connectivity index (χ1n) is 7.14. The van der Waals surface area contributed by atoms with Crippen molar-refractivity contribution in [3.63, 3.8) is 0 Å². The van der Waals surface area contributed by atoms with Crippen LogP contribution in [0.2, 0.25) is 0 Å². The van der Waals surface area contributed by atoms with Crippen molar-refractivity contribution in [1.29, 1.82) is 5.41 Å². The Morgan fingerprint density at radius 3 is 2.44 bits per heavy atom. The summed E-state index contributed by atoms with van der Waals surface area (Å²) in [7, 11) is 0.314. The summed E-state index contributed by atoms with van der Waals surface area (Å²) in [6, 6.07) is 7.44. The SMILES string of the molecule is CN(C)c1ccc(/C=C2/C(=N)N3N=C(S(C)(=O)=O)SC3=NC2=O)cc1. The molecule has 2 aliphatic heterocycles. The maximum Gasteiger partial charge on any atom is 0.283 e. The number of carbonyl (C=O) groups excluding carboxylic acids is 1. The normalized spacial score (nSPS) is 19.0. The minimum atomic E-state index is -3.53. The van der Waals surface area contributed by atoms with Crippen LogP contribution in [0.15, 0.2) is 39.9 Å². The number of amidine groups is 2. The summed E-state index contributed by atoms with van der Waals surface area (Å²) in [4.78, 5) is 18.0. The van der Waals surface area contributed by atoms with E-state index in [1.807, 2.05) is 43.3 Å². The van der Waals surface area contributed by atoms with Gasteiger partial charge in [-0.3, -0.25) is 10.2 Å². The molecular formula is C15H15N5O3S2. The van der Waals surface area contributed by atoms with Gasteiger partial charge in [0.1, 0.15) is 0 Å². The van der Waals surface area contributed by atoms with Crippen LogP contribution in [-0.4, -0.2) is 55.1 Å². The molecule has 0 saturated heterocycles. The van der Waals surface area contributed by atoms with Crippen LogP contribution in [0.1, 0.15) is 5.56 Å². The Bertz CT molecular complexity index is 959. The predicted molar refractivity (Wildman–Crippen MR) is 101 cm³/mol. The van der Waals surface area contributed by atoms with Gasteiger partial charge in [0.25, 0.3) is 5.91 Å². The molecule has 10 heteroatoms. The van der Waals surface area contributed by atoms with Crippen molar-refractivity contribution in [3.8, 4) is 0 Å². The zero-order chi connectivity index (χ0) is 18.4. The number of anilines is 1. The van der Waals surface area contributed by atoms with Crippen LogP contribution in [-0.2, 0) is 14.6 Å². The summed E-state index contributed by atoms with van der Waals surface area (Å²) in [5.41, 5.74) is 1.79. The Balaban J connectivity index is 1.95. The summed E-state index contributed by atoms with van der Waals surface area (Å²) in [5, 5.41) is 13.2. The third-order valence-corrected chi connectivity index (χ3v) is 6.05. The van der Waals surface area contributed by atoms with Crippen LogP contribution in [0.4, 0.5) is 5.69 Å². The van der Waals surface area contributed by atoms with Gasteiger partial charge in [-0.15, -0.1) is 5.10 Å². The molecule has 1 amide bonds. The fourth-order valence-corrected chi connectivity index (χ4v) is 3.84. The molecule has 8 nitrogen and oxygen atoms in total. The van der Waals surface area contributed by atoms with Gasteiger partial charge >= 0.3 is 0 Å². The van der Waals surface area contributed by atoms with E-state index in [1.165, 1.54) is 0 Å². The number of carbonyl (C=O) groups is 1. The highest BCUT2D eigenvalue weighted by atomic mass is 32.3. The lowest BCUT2D eigenvalue weighted by atomic mass is 10.1. The average molecular weight is 377 g/mol. The summed E-state index contributed by atoms with van der Waals surface area (Å²) in [5.74, 6) is -0.789. The molecule has 0 bridgehead atoms. The molecule has 1 N–H and O–H groups in total. The molecule has 0 aromatic heterocycles. The van der Waals surface area contributed by atoms with Crippen molar-refractivity contribution in [2.75, 3.05) is 25.3 Å². The van der Waals surface area contributed by atoms with Crippen molar-refractivity contribution >= 4 is 54.6 Å². The molecular weight excluding hydrogens is 362 g/mol. The number of benzene rings is 1. The first-order chi connectivity index (χ1) is 11.7. The van der Waals surface area contributed by atoms with Crippen molar-refractivity contribution in [2.45, 2.75) is 0 Å². The van der Waals surface area contributed by atoms with E-state index in [0.717, 1.165) is 34.3 Å². The van der Waals surface area contributed by atoms with Crippen molar-refractivity contribution in [3.05, 3.63) is 35.4 Å². The van der Waals surface area contributed by atoms with Crippen LogP contribution in [0.3, 0.4) is 0 Å². The first-order valence-corrected chi connectivity index (χ1v) is 9.85. The van der Waals surface area contributed by atoms with Crippen LogP contribution in [0.25, 0.3) is 6.08 Å². The highest BCUT2D eigenvalue weighted by Gasteiger charge is 2.38. The molecule has 1 aromatic carbocycles. The first kappa shape index (κ1) is 17.4. The number of hydrazone groups is 1. The second kappa shape index (κ2) is 6.12.